The van der Waals surface area contributed by atoms with Gasteiger partial charge in [0.25, 0.3) is 6.33 Å². The zero-order valence-corrected chi connectivity index (χ0v) is 35.5. The van der Waals surface area contributed by atoms with Gasteiger partial charge in [-0.3, -0.25) is 18.7 Å². The Morgan fingerprint density at radius 2 is 1.29 bits per heavy atom. The Morgan fingerprint density at radius 3 is 2.02 bits per heavy atom. The van der Waals surface area contributed by atoms with E-state index in [1.54, 1.807) is 6.20 Å². The van der Waals surface area contributed by atoms with Gasteiger partial charge in [0.05, 0.1) is 39.6 Å². The van der Waals surface area contributed by atoms with Gasteiger partial charge in [0.15, 0.2) is 0 Å². The van der Waals surface area contributed by atoms with Gasteiger partial charge < -0.3 is 4.74 Å². The van der Waals surface area contributed by atoms with E-state index in [1.807, 2.05) is 24.5 Å². The Balaban J connectivity index is 1.16. The number of nitrogens with zero attached hydrogens (tertiary/aromatic N) is 5. The molecule has 0 bridgehead atoms. The molecule has 0 aliphatic carbocycles. The van der Waals surface area contributed by atoms with Crippen LogP contribution in [-0.2, 0) is 16.2 Å². The van der Waals surface area contributed by atoms with E-state index in [9.17, 15) is 0 Å². The quantitative estimate of drug-likeness (QED) is 0.125. The van der Waals surface area contributed by atoms with Gasteiger partial charge in [-0.1, -0.05) is 141 Å². The fraction of sp³-hybridized carbons (Fsp3) is 0.226. The predicted octanol–water partition coefficient (Wildman–Crippen LogP) is 12.9. The molecule has 4 heterocycles. The maximum Gasteiger partial charge on any atom is 0.269 e. The van der Waals surface area contributed by atoms with Crippen LogP contribution in [0.5, 0.6) is 11.5 Å². The van der Waals surface area contributed by atoms with Crippen molar-refractivity contribution in [2.24, 2.45) is 0 Å². The third kappa shape index (κ3) is 7.07. The Kier molecular flexibility index (Phi) is 9.08. The number of imidazole rings is 1. The van der Waals surface area contributed by atoms with Gasteiger partial charge >= 0.3 is 0 Å². The maximum atomic E-state index is 6.71. The lowest BCUT2D eigenvalue weighted by Crippen LogP contribution is -2.31. The first-order chi connectivity index (χ1) is 28.1. The van der Waals surface area contributed by atoms with Crippen LogP contribution in [0.25, 0.3) is 61.2 Å². The Morgan fingerprint density at radius 1 is 0.576 bits per heavy atom. The van der Waals surface area contributed by atoms with Crippen molar-refractivity contribution in [2.75, 3.05) is 0 Å². The number of ether oxygens (including phenoxy) is 1. The molecule has 9 rings (SSSR count). The summed E-state index contributed by atoms with van der Waals surface area (Å²) in [6, 6.07) is 45.2. The van der Waals surface area contributed by atoms with Crippen LogP contribution in [0.3, 0.4) is 0 Å². The molecule has 6 nitrogen and oxygen atoms in total. The third-order valence-corrected chi connectivity index (χ3v) is 11.3. The number of aromatic nitrogens is 5. The third-order valence-electron chi connectivity index (χ3n) is 11.3. The molecule has 0 saturated heterocycles. The van der Waals surface area contributed by atoms with Crippen LogP contribution in [0.15, 0.2) is 146 Å². The summed E-state index contributed by atoms with van der Waals surface area (Å²) < 4.78 is 13.3. The van der Waals surface area contributed by atoms with Crippen molar-refractivity contribution in [1.29, 1.82) is 0 Å². The van der Waals surface area contributed by atoms with Gasteiger partial charge in [-0.2, -0.15) is 0 Å². The van der Waals surface area contributed by atoms with Gasteiger partial charge in [-0.05, 0) is 81.0 Å². The molecule has 0 saturated carbocycles. The minimum atomic E-state index is -0.0431. The van der Waals surface area contributed by atoms with E-state index in [4.69, 9.17) is 9.72 Å². The minimum Gasteiger partial charge on any atom is -0.456 e. The van der Waals surface area contributed by atoms with Gasteiger partial charge in [0, 0.05) is 34.8 Å². The highest BCUT2D eigenvalue weighted by atomic mass is 16.5. The second-order valence-corrected chi connectivity index (χ2v) is 18.7. The van der Waals surface area contributed by atoms with Crippen molar-refractivity contribution in [3.8, 4) is 39.8 Å². The summed E-state index contributed by atoms with van der Waals surface area (Å²) >= 11 is 0. The molecule has 0 unspecified atom stereocenters. The molecule has 59 heavy (non-hydrogen) atoms. The Hall–Kier alpha value is -6.53. The number of fused-ring (bicyclic) bond motifs is 4. The molecule has 294 valence electrons. The van der Waals surface area contributed by atoms with Crippen LogP contribution in [0.4, 0.5) is 0 Å². The summed E-state index contributed by atoms with van der Waals surface area (Å²) in [7, 11) is 0. The molecule has 0 aliphatic rings. The Bertz CT molecular complexity index is 2990. The van der Waals surface area contributed by atoms with Gasteiger partial charge in [0.1, 0.15) is 17.3 Å². The highest BCUT2D eigenvalue weighted by molar-refractivity contribution is 6.14. The lowest BCUT2D eigenvalue weighted by atomic mass is 9.80. The first kappa shape index (κ1) is 38.0. The van der Waals surface area contributed by atoms with Crippen molar-refractivity contribution >= 4 is 32.8 Å². The lowest BCUT2D eigenvalue weighted by molar-refractivity contribution is -0.572. The van der Waals surface area contributed by atoms with Crippen molar-refractivity contribution in [1.82, 2.24) is 19.1 Å². The van der Waals surface area contributed by atoms with E-state index in [-0.39, 0.29) is 16.2 Å². The van der Waals surface area contributed by atoms with Crippen LogP contribution in [0.2, 0.25) is 0 Å². The molecule has 5 aromatic carbocycles. The van der Waals surface area contributed by atoms with Crippen LogP contribution in [0.1, 0.15) is 79.0 Å². The number of hydrogen-bond donors (Lipinski definition) is 0. The van der Waals surface area contributed by atoms with Crippen LogP contribution in [-0.4, -0.2) is 19.1 Å². The molecule has 0 aliphatic heterocycles. The molecule has 0 fully saturated rings. The summed E-state index contributed by atoms with van der Waals surface area (Å²) in [5.41, 5.74) is 12.2. The summed E-state index contributed by atoms with van der Waals surface area (Å²) in [5, 5.41) is 2.29. The van der Waals surface area contributed by atoms with Crippen LogP contribution < -0.4 is 9.30 Å². The standard InChI is InChI=1S/C53H51N5O/c1-51(2,3)36-24-25-55-49(29-36)58-48-31-41(22-23-44(48)45-19-15-18-43(50(45)58)35-16-11-10-12-17-35)59-42-30-40(32-54-33-42)57-34-56(46-20-13-14-21-47(46)57)39-27-37(52(4,5)6)26-38(28-39)53(7,8)9/h10-33H,1-9H3. The zero-order valence-electron chi connectivity index (χ0n) is 35.5. The number of rotatable bonds is 6. The average Bonchev–Trinajstić information content (AvgIpc) is 3.76. The topological polar surface area (TPSA) is 48.8 Å². The van der Waals surface area contributed by atoms with Crippen LogP contribution in [0, 0.1) is 6.33 Å². The fourth-order valence-electron chi connectivity index (χ4n) is 7.98. The number of para-hydroxylation sites is 3. The minimum absolute atomic E-state index is 0.0148. The van der Waals surface area contributed by atoms with E-state index in [2.05, 4.69) is 203 Å². The summed E-state index contributed by atoms with van der Waals surface area (Å²) in [6.07, 6.45) is 9.26. The van der Waals surface area contributed by atoms with E-state index in [0.29, 0.717) is 11.5 Å². The van der Waals surface area contributed by atoms with Crippen LogP contribution >= 0.6 is 0 Å². The zero-order chi connectivity index (χ0) is 41.3. The van der Waals surface area contributed by atoms with Crippen molar-refractivity contribution in [3.63, 3.8) is 0 Å². The smallest absolute Gasteiger partial charge is 0.269 e. The van der Waals surface area contributed by atoms with E-state index >= 15 is 0 Å². The van der Waals surface area contributed by atoms with Gasteiger partial charge in [0.2, 0.25) is 0 Å². The normalized spacial score (nSPS) is 12.5. The largest absolute Gasteiger partial charge is 0.456 e. The van der Waals surface area contributed by atoms with E-state index in [1.165, 1.54) is 16.7 Å². The highest BCUT2D eigenvalue weighted by Gasteiger charge is 2.24. The number of pyridine rings is 2. The molecule has 0 radical (unpaired) electrons. The van der Waals surface area contributed by atoms with Gasteiger partial charge in [-0.15, -0.1) is 0 Å². The summed E-state index contributed by atoms with van der Waals surface area (Å²) in [4.78, 5) is 9.66. The molecule has 0 spiro atoms. The molecule has 4 aromatic heterocycles. The van der Waals surface area contributed by atoms with Crippen molar-refractivity contribution < 1.29 is 9.30 Å². The molecular formula is C53H51N5O. The van der Waals surface area contributed by atoms with Crippen molar-refractivity contribution in [3.05, 3.63) is 169 Å². The molecular weight excluding hydrogens is 723 g/mol. The molecule has 9 aromatic rings. The number of benzene rings is 5. The first-order valence-corrected chi connectivity index (χ1v) is 20.5. The molecule has 6 heteroatoms. The fourth-order valence-corrected chi connectivity index (χ4v) is 7.98. The predicted molar refractivity (Wildman–Crippen MR) is 242 cm³/mol. The van der Waals surface area contributed by atoms with Crippen molar-refractivity contribution in [2.45, 2.75) is 78.6 Å². The maximum absolute atomic E-state index is 6.71. The summed E-state index contributed by atoms with van der Waals surface area (Å²) in [5.74, 6) is 2.20. The first-order valence-electron chi connectivity index (χ1n) is 20.5. The number of hydrogen-bond acceptors (Lipinski definition) is 3. The second-order valence-electron chi connectivity index (χ2n) is 18.7. The molecule has 0 amide bonds. The average molecular weight is 774 g/mol. The summed E-state index contributed by atoms with van der Waals surface area (Å²) in [6.45, 7) is 20.3. The second kappa shape index (κ2) is 14.1. The molecule has 0 atom stereocenters. The molecule has 0 N–H and O–H groups in total. The highest BCUT2D eigenvalue weighted by Crippen LogP contribution is 2.40. The monoisotopic (exact) mass is 773 g/mol. The lowest BCUT2D eigenvalue weighted by Gasteiger charge is -2.26. The SMILES string of the molecule is CC(C)(C)c1cc(-[n+]2[c-]n(-c3cncc(Oc4ccc5c6cccc(-c7ccccc7)c6n(-c6cc(C(C)(C)C)ccn6)c5c4)c3)c3ccccc32)cc(C(C)(C)C)c1. The van der Waals surface area contributed by atoms with Gasteiger partial charge in [-0.25, -0.2) is 4.98 Å². The van der Waals surface area contributed by atoms with E-state index < -0.39 is 0 Å². The van der Waals surface area contributed by atoms with E-state index in [0.717, 1.165) is 61.2 Å². The Labute approximate surface area is 347 Å².